The normalized spacial score (nSPS) is 15.3. The van der Waals surface area contributed by atoms with Crippen molar-refractivity contribution in [3.05, 3.63) is 71.3 Å². The molecule has 0 spiro atoms. The van der Waals surface area contributed by atoms with E-state index in [-0.39, 0.29) is 18.0 Å². The van der Waals surface area contributed by atoms with E-state index < -0.39 is 0 Å². The number of hydrogen-bond acceptors (Lipinski definition) is 3. The number of benzene rings is 2. The third kappa shape index (κ3) is 7.38. The molecule has 1 heterocycles. The summed E-state index contributed by atoms with van der Waals surface area (Å²) >= 11 is 0. The second-order valence-electron chi connectivity index (χ2n) is 8.59. The van der Waals surface area contributed by atoms with Gasteiger partial charge in [-0.15, -0.1) is 0 Å². The minimum absolute atomic E-state index is 0.180. The van der Waals surface area contributed by atoms with E-state index in [1.165, 1.54) is 5.56 Å². The fourth-order valence-corrected chi connectivity index (χ4v) is 4.02. The van der Waals surface area contributed by atoms with Gasteiger partial charge in [0.1, 0.15) is 0 Å². The SMILES string of the molecule is CCN(C)Cc1cccc(CNC(=O)N[C@H](CN2CCCCCC2=O)c2ccccc2)c1. The lowest BCUT2D eigenvalue weighted by Crippen LogP contribution is -2.44. The highest BCUT2D eigenvalue weighted by molar-refractivity contribution is 5.77. The van der Waals surface area contributed by atoms with E-state index in [1.807, 2.05) is 47.4 Å². The maximum absolute atomic E-state index is 12.8. The van der Waals surface area contributed by atoms with E-state index in [9.17, 15) is 9.59 Å². The Kier molecular flexibility index (Phi) is 9.11. The third-order valence-electron chi connectivity index (χ3n) is 6.02. The van der Waals surface area contributed by atoms with Crippen molar-refractivity contribution in [2.75, 3.05) is 26.7 Å². The van der Waals surface area contributed by atoms with Crippen molar-refractivity contribution >= 4 is 11.9 Å². The molecular formula is C26H36N4O2. The lowest BCUT2D eigenvalue weighted by Gasteiger charge is -2.28. The highest BCUT2D eigenvalue weighted by atomic mass is 16.2. The topological polar surface area (TPSA) is 64.7 Å². The number of carbonyl (C=O) groups is 2. The first-order valence-corrected chi connectivity index (χ1v) is 11.7. The first kappa shape index (κ1) is 23.8. The highest BCUT2D eigenvalue weighted by Gasteiger charge is 2.23. The molecule has 1 atom stereocenters. The molecule has 0 radical (unpaired) electrons. The van der Waals surface area contributed by atoms with Crippen LogP contribution in [0.3, 0.4) is 0 Å². The molecule has 0 aromatic heterocycles. The van der Waals surface area contributed by atoms with E-state index in [0.29, 0.717) is 19.5 Å². The Labute approximate surface area is 192 Å². The van der Waals surface area contributed by atoms with Crippen molar-refractivity contribution < 1.29 is 9.59 Å². The van der Waals surface area contributed by atoms with Gasteiger partial charge in [0.15, 0.2) is 0 Å². The summed E-state index contributed by atoms with van der Waals surface area (Å²) in [6, 6.07) is 17.7. The Morgan fingerprint density at radius 3 is 2.62 bits per heavy atom. The van der Waals surface area contributed by atoms with Gasteiger partial charge < -0.3 is 20.4 Å². The second-order valence-corrected chi connectivity index (χ2v) is 8.59. The van der Waals surface area contributed by atoms with E-state index >= 15 is 0 Å². The molecule has 0 aliphatic carbocycles. The first-order valence-electron chi connectivity index (χ1n) is 11.7. The maximum atomic E-state index is 12.8. The Hall–Kier alpha value is -2.86. The van der Waals surface area contributed by atoms with E-state index in [4.69, 9.17) is 0 Å². The van der Waals surface area contributed by atoms with Gasteiger partial charge in [0.25, 0.3) is 0 Å². The molecule has 1 saturated heterocycles. The Bertz CT molecular complexity index is 871. The molecule has 172 valence electrons. The van der Waals surface area contributed by atoms with Crippen LogP contribution in [0, 0.1) is 0 Å². The van der Waals surface area contributed by atoms with Gasteiger partial charge in [-0.1, -0.05) is 67.9 Å². The summed E-state index contributed by atoms with van der Waals surface area (Å²) in [5.41, 5.74) is 3.31. The van der Waals surface area contributed by atoms with Crippen LogP contribution in [-0.2, 0) is 17.9 Å². The molecule has 1 fully saturated rings. The molecule has 32 heavy (non-hydrogen) atoms. The van der Waals surface area contributed by atoms with Gasteiger partial charge in [0, 0.05) is 32.6 Å². The molecule has 3 amide bonds. The van der Waals surface area contributed by atoms with Crippen LogP contribution >= 0.6 is 0 Å². The van der Waals surface area contributed by atoms with Crippen LogP contribution in [-0.4, -0.2) is 48.4 Å². The summed E-state index contributed by atoms with van der Waals surface area (Å²) in [6.45, 7) is 5.72. The number of amides is 3. The van der Waals surface area contributed by atoms with E-state index in [0.717, 1.165) is 50.0 Å². The van der Waals surface area contributed by atoms with Gasteiger partial charge >= 0.3 is 6.03 Å². The van der Waals surface area contributed by atoms with Crippen molar-refractivity contribution in [2.45, 2.75) is 51.7 Å². The average molecular weight is 437 g/mol. The highest BCUT2D eigenvalue weighted by Crippen LogP contribution is 2.18. The first-order chi connectivity index (χ1) is 15.5. The summed E-state index contributed by atoms with van der Waals surface area (Å²) in [6.07, 6.45) is 3.64. The average Bonchev–Trinajstić information content (AvgIpc) is 3.02. The summed E-state index contributed by atoms with van der Waals surface area (Å²) in [7, 11) is 2.09. The lowest BCUT2D eigenvalue weighted by atomic mass is 10.1. The Balaban J connectivity index is 1.61. The van der Waals surface area contributed by atoms with Gasteiger partial charge in [-0.2, -0.15) is 0 Å². The fraction of sp³-hybridized carbons (Fsp3) is 0.462. The Morgan fingerprint density at radius 2 is 1.84 bits per heavy atom. The molecule has 2 aromatic carbocycles. The van der Waals surface area contributed by atoms with Crippen molar-refractivity contribution in [3.8, 4) is 0 Å². The minimum Gasteiger partial charge on any atom is -0.340 e. The van der Waals surface area contributed by atoms with Crippen LogP contribution in [0.25, 0.3) is 0 Å². The molecule has 6 heteroatoms. The van der Waals surface area contributed by atoms with Gasteiger partial charge in [0.2, 0.25) is 5.91 Å². The smallest absolute Gasteiger partial charge is 0.315 e. The van der Waals surface area contributed by atoms with Gasteiger partial charge in [-0.05, 0) is 43.1 Å². The molecule has 2 N–H and O–H groups in total. The predicted molar refractivity (Wildman–Crippen MR) is 128 cm³/mol. The van der Waals surface area contributed by atoms with Gasteiger partial charge in [-0.25, -0.2) is 4.79 Å². The van der Waals surface area contributed by atoms with E-state index in [2.05, 4.69) is 41.6 Å². The molecule has 1 aliphatic heterocycles. The molecule has 0 unspecified atom stereocenters. The van der Waals surface area contributed by atoms with Crippen molar-refractivity contribution in [1.29, 1.82) is 0 Å². The molecule has 2 aromatic rings. The van der Waals surface area contributed by atoms with Gasteiger partial charge in [-0.3, -0.25) is 4.79 Å². The zero-order valence-electron chi connectivity index (χ0n) is 19.3. The minimum atomic E-state index is -0.247. The fourth-order valence-electron chi connectivity index (χ4n) is 4.02. The number of carbonyl (C=O) groups excluding carboxylic acids is 2. The van der Waals surface area contributed by atoms with Crippen molar-refractivity contribution in [1.82, 2.24) is 20.4 Å². The Morgan fingerprint density at radius 1 is 1.06 bits per heavy atom. The third-order valence-corrected chi connectivity index (χ3v) is 6.02. The van der Waals surface area contributed by atoms with Crippen LogP contribution in [0.1, 0.15) is 55.3 Å². The summed E-state index contributed by atoms with van der Waals surface area (Å²) < 4.78 is 0. The van der Waals surface area contributed by atoms with Crippen LogP contribution in [0.4, 0.5) is 4.79 Å². The second kappa shape index (κ2) is 12.2. The summed E-state index contributed by atoms with van der Waals surface area (Å²) in [5.74, 6) is 0.180. The van der Waals surface area contributed by atoms with Crippen LogP contribution < -0.4 is 10.6 Å². The van der Waals surface area contributed by atoms with Crippen molar-refractivity contribution in [3.63, 3.8) is 0 Å². The number of hydrogen-bond donors (Lipinski definition) is 2. The molecule has 1 aliphatic rings. The molecule has 0 saturated carbocycles. The zero-order valence-corrected chi connectivity index (χ0v) is 19.3. The zero-order chi connectivity index (χ0) is 22.8. The lowest BCUT2D eigenvalue weighted by molar-refractivity contribution is -0.131. The van der Waals surface area contributed by atoms with Crippen LogP contribution in [0.2, 0.25) is 0 Å². The quantitative estimate of drug-likeness (QED) is 0.623. The summed E-state index contributed by atoms with van der Waals surface area (Å²) in [5, 5.41) is 6.08. The van der Waals surface area contributed by atoms with Crippen molar-refractivity contribution in [2.24, 2.45) is 0 Å². The van der Waals surface area contributed by atoms with Gasteiger partial charge in [0.05, 0.1) is 6.04 Å². The molecular weight excluding hydrogens is 400 g/mol. The number of nitrogens with zero attached hydrogens (tertiary/aromatic N) is 2. The summed E-state index contributed by atoms with van der Waals surface area (Å²) in [4.78, 5) is 29.4. The van der Waals surface area contributed by atoms with Crippen LogP contribution in [0.5, 0.6) is 0 Å². The predicted octanol–water partition coefficient (Wildman–Crippen LogP) is 4.08. The van der Waals surface area contributed by atoms with Crippen LogP contribution in [0.15, 0.2) is 54.6 Å². The van der Waals surface area contributed by atoms with E-state index in [1.54, 1.807) is 0 Å². The maximum Gasteiger partial charge on any atom is 0.315 e. The molecule has 3 rings (SSSR count). The number of urea groups is 1. The number of likely N-dealkylation sites (tertiary alicyclic amines) is 1. The monoisotopic (exact) mass is 436 g/mol. The standard InChI is InChI=1S/C26H36N4O2/c1-3-29(2)19-22-12-10-11-21(17-22)18-27-26(32)28-24(23-13-6-4-7-14-23)20-30-16-9-5-8-15-25(30)31/h4,6-7,10-14,17,24H,3,5,8-9,15-16,18-20H2,1-2H3,(H2,27,28,32)/t24-/m1/s1. The largest absolute Gasteiger partial charge is 0.340 e. The number of rotatable bonds is 9. The molecule has 6 nitrogen and oxygen atoms in total. The number of nitrogens with one attached hydrogen (secondary N) is 2. The molecule has 0 bridgehead atoms.